The second-order valence-corrected chi connectivity index (χ2v) is 7.45. The molecule has 0 aliphatic heterocycles. The molecule has 29 heavy (non-hydrogen) atoms. The quantitative estimate of drug-likeness (QED) is 0.625. The fourth-order valence-electron chi connectivity index (χ4n) is 3.04. The molecule has 2 heterocycles. The number of aromatic nitrogens is 3. The zero-order valence-electron chi connectivity index (χ0n) is 14.6. The highest BCUT2D eigenvalue weighted by molar-refractivity contribution is 6.33. The number of benzene rings is 1. The smallest absolute Gasteiger partial charge is 0.379 e. The fourth-order valence-corrected chi connectivity index (χ4v) is 3.42. The van der Waals surface area contributed by atoms with E-state index in [2.05, 4.69) is 15.4 Å². The summed E-state index contributed by atoms with van der Waals surface area (Å²) in [6.45, 7) is 0. The van der Waals surface area contributed by atoms with Gasteiger partial charge in [0.05, 0.1) is 17.4 Å². The van der Waals surface area contributed by atoms with E-state index in [1.807, 2.05) is 18.2 Å². The summed E-state index contributed by atoms with van der Waals surface area (Å²) in [4.78, 5) is 16.2. The summed E-state index contributed by atoms with van der Waals surface area (Å²) < 4.78 is 38.8. The van der Waals surface area contributed by atoms with Gasteiger partial charge in [0, 0.05) is 23.2 Å². The summed E-state index contributed by atoms with van der Waals surface area (Å²) in [7, 11) is 0. The van der Waals surface area contributed by atoms with Crippen LogP contribution in [-0.4, -0.2) is 20.8 Å². The summed E-state index contributed by atoms with van der Waals surface area (Å²) in [5, 5.41) is 7.71. The highest BCUT2D eigenvalue weighted by Gasteiger charge is 2.39. The molecule has 150 valence electrons. The van der Waals surface area contributed by atoms with Crippen molar-refractivity contribution in [3.05, 3.63) is 80.3 Å². The number of hydrogen-bond donors (Lipinski definition) is 1. The second kappa shape index (κ2) is 7.35. The summed E-state index contributed by atoms with van der Waals surface area (Å²) in [5.74, 6) is 0.184. The van der Waals surface area contributed by atoms with Crippen LogP contribution in [0.1, 0.15) is 23.5 Å². The first kappa shape index (κ1) is 19.7. The van der Waals surface area contributed by atoms with Gasteiger partial charge in [0.1, 0.15) is 5.02 Å². The first-order valence-corrected chi connectivity index (χ1v) is 9.33. The predicted molar refractivity (Wildman–Crippen MR) is 104 cm³/mol. The highest BCUT2D eigenvalue weighted by atomic mass is 35.5. The first-order chi connectivity index (χ1) is 13.7. The van der Waals surface area contributed by atoms with Crippen molar-refractivity contribution in [2.24, 2.45) is 0 Å². The Hall–Kier alpha value is -2.58. The molecule has 4 rings (SSSR count). The molecule has 1 aliphatic rings. The molecule has 2 aromatic heterocycles. The van der Waals surface area contributed by atoms with Gasteiger partial charge in [-0.25, -0.2) is 4.98 Å². The van der Waals surface area contributed by atoms with Crippen molar-refractivity contribution in [3.63, 3.8) is 0 Å². The molecule has 0 spiro atoms. The van der Waals surface area contributed by atoms with Crippen molar-refractivity contribution in [1.82, 2.24) is 14.8 Å². The van der Waals surface area contributed by atoms with Gasteiger partial charge in [0.15, 0.2) is 5.82 Å². The van der Waals surface area contributed by atoms with Gasteiger partial charge in [-0.15, -0.1) is 0 Å². The van der Waals surface area contributed by atoms with Crippen LogP contribution in [0.15, 0.2) is 53.6 Å². The van der Waals surface area contributed by atoms with Crippen molar-refractivity contribution in [2.75, 3.05) is 5.32 Å². The van der Waals surface area contributed by atoms with Crippen LogP contribution < -0.4 is 10.9 Å². The van der Waals surface area contributed by atoms with E-state index in [1.165, 1.54) is 6.20 Å². The lowest BCUT2D eigenvalue weighted by atomic mass is 10.1. The van der Waals surface area contributed by atoms with Crippen LogP contribution in [-0.2, 0) is 6.18 Å². The van der Waals surface area contributed by atoms with Gasteiger partial charge >= 0.3 is 6.18 Å². The van der Waals surface area contributed by atoms with E-state index in [4.69, 9.17) is 23.2 Å². The average molecular weight is 441 g/mol. The summed E-state index contributed by atoms with van der Waals surface area (Å²) in [5.41, 5.74) is -0.154. The molecule has 1 aliphatic carbocycles. The maximum absolute atomic E-state index is 12.7. The standard InChI is InChI=1S/C19H13Cl2F3N4O/c20-12-3-1-2-10(6-12)13-7-14(13)27-15-9-26-28(18(29)17(15)21)16-5-4-11(8-25-16)19(22,23)24/h1-6,8-9,13-14,27H,7H2. The molecule has 0 amide bonds. The number of hydrogen-bond acceptors (Lipinski definition) is 4. The van der Waals surface area contributed by atoms with Gasteiger partial charge in [-0.2, -0.15) is 23.0 Å². The third-order valence-electron chi connectivity index (χ3n) is 4.62. The minimum atomic E-state index is -4.51. The van der Waals surface area contributed by atoms with Gasteiger partial charge in [-0.05, 0) is 36.2 Å². The minimum Gasteiger partial charge on any atom is -0.379 e. The molecule has 1 aromatic carbocycles. The molecule has 1 N–H and O–H groups in total. The van der Waals surface area contributed by atoms with Crippen LogP contribution >= 0.6 is 23.2 Å². The van der Waals surface area contributed by atoms with E-state index >= 15 is 0 Å². The molecule has 0 radical (unpaired) electrons. The Bertz CT molecular complexity index is 1120. The Morgan fingerprint density at radius 2 is 1.93 bits per heavy atom. The first-order valence-electron chi connectivity index (χ1n) is 8.57. The monoisotopic (exact) mass is 440 g/mol. The van der Waals surface area contributed by atoms with Gasteiger partial charge in [0.25, 0.3) is 5.56 Å². The summed E-state index contributed by atoms with van der Waals surface area (Å²) in [6, 6.07) is 9.51. The average Bonchev–Trinajstić information content (AvgIpc) is 3.44. The lowest BCUT2D eigenvalue weighted by Crippen LogP contribution is -2.24. The minimum absolute atomic E-state index is 0.0559. The molecule has 1 saturated carbocycles. The number of halogens is 5. The Kier molecular flexibility index (Phi) is 5.00. The lowest BCUT2D eigenvalue weighted by Gasteiger charge is -2.11. The Morgan fingerprint density at radius 3 is 2.59 bits per heavy atom. The Morgan fingerprint density at radius 1 is 1.14 bits per heavy atom. The number of anilines is 1. The van der Waals surface area contributed by atoms with Gasteiger partial charge in [-0.1, -0.05) is 35.3 Å². The van der Waals surface area contributed by atoms with Crippen LogP contribution in [0.3, 0.4) is 0 Å². The maximum atomic E-state index is 12.7. The van der Waals surface area contributed by atoms with E-state index in [0.29, 0.717) is 16.9 Å². The molecule has 0 bridgehead atoms. The molecule has 2 unspecified atom stereocenters. The summed E-state index contributed by atoms with van der Waals surface area (Å²) >= 11 is 12.2. The number of alkyl halides is 3. The molecule has 3 aromatic rings. The number of nitrogens with zero attached hydrogens (tertiary/aromatic N) is 3. The summed E-state index contributed by atoms with van der Waals surface area (Å²) in [6.07, 6.45) is -1.67. The highest BCUT2D eigenvalue weighted by Crippen LogP contribution is 2.43. The van der Waals surface area contributed by atoms with E-state index in [1.54, 1.807) is 6.07 Å². The SMILES string of the molecule is O=c1c(Cl)c(NC2CC2c2cccc(Cl)c2)cnn1-c1ccc(C(F)(F)F)cn1. The van der Waals surface area contributed by atoms with E-state index in [-0.39, 0.29) is 22.8 Å². The van der Waals surface area contributed by atoms with Crippen molar-refractivity contribution in [2.45, 2.75) is 24.6 Å². The van der Waals surface area contributed by atoms with Crippen LogP contribution in [0.5, 0.6) is 0 Å². The normalized spacial score (nSPS) is 18.5. The molecule has 1 fully saturated rings. The molecule has 0 saturated heterocycles. The van der Waals surface area contributed by atoms with Crippen molar-refractivity contribution in [1.29, 1.82) is 0 Å². The van der Waals surface area contributed by atoms with Crippen LogP contribution in [0.2, 0.25) is 10.0 Å². The fraction of sp³-hybridized carbons (Fsp3) is 0.211. The zero-order valence-corrected chi connectivity index (χ0v) is 16.1. The van der Waals surface area contributed by atoms with Gasteiger partial charge in [0.2, 0.25) is 0 Å². The number of nitrogens with one attached hydrogen (secondary N) is 1. The topological polar surface area (TPSA) is 59.8 Å². The molecular formula is C19H13Cl2F3N4O. The number of rotatable bonds is 4. The van der Waals surface area contributed by atoms with E-state index in [0.717, 1.165) is 28.8 Å². The third-order valence-corrected chi connectivity index (χ3v) is 5.22. The predicted octanol–water partition coefficient (Wildman–Crippen LogP) is 4.92. The lowest BCUT2D eigenvalue weighted by molar-refractivity contribution is -0.137. The Labute approximate surface area is 173 Å². The second-order valence-electron chi connectivity index (χ2n) is 6.64. The molecular weight excluding hydrogens is 428 g/mol. The Balaban J connectivity index is 1.53. The molecule has 10 heteroatoms. The van der Waals surface area contributed by atoms with Gasteiger partial charge in [-0.3, -0.25) is 4.79 Å². The van der Waals surface area contributed by atoms with Crippen LogP contribution in [0, 0.1) is 0 Å². The van der Waals surface area contributed by atoms with E-state index < -0.39 is 17.3 Å². The number of pyridine rings is 1. The van der Waals surface area contributed by atoms with Gasteiger partial charge < -0.3 is 5.32 Å². The maximum Gasteiger partial charge on any atom is 0.417 e. The largest absolute Gasteiger partial charge is 0.417 e. The van der Waals surface area contributed by atoms with Crippen molar-refractivity contribution in [3.8, 4) is 5.82 Å². The van der Waals surface area contributed by atoms with Crippen molar-refractivity contribution >= 4 is 28.9 Å². The zero-order chi connectivity index (χ0) is 20.8. The van der Waals surface area contributed by atoms with E-state index in [9.17, 15) is 18.0 Å². The molecule has 2 atom stereocenters. The van der Waals surface area contributed by atoms with Crippen LogP contribution in [0.25, 0.3) is 5.82 Å². The van der Waals surface area contributed by atoms with Crippen molar-refractivity contribution < 1.29 is 13.2 Å². The third kappa shape index (κ3) is 4.09. The molecule has 5 nitrogen and oxygen atoms in total. The van der Waals surface area contributed by atoms with Crippen LogP contribution in [0.4, 0.5) is 18.9 Å².